The Hall–Kier alpha value is -3.85. The zero-order valence-electron chi connectivity index (χ0n) is 18.7. The third-order valence-electron chi connectivity index (χ3n) is 5.50. The van der Waals surface area contributed by atoms with Gasteiger partial charge in [0.1, 0.15) is 0 Å². The molecule has 0 bridgehead atoms. The summed E-state index contributed by atoms with van der Waals surface area (Å²) in [6, 6.07) is 17.2. The van der Waals surface area contributed by atoms with Gasteiger partial charge in [0, 0.05) is 37.0 Å². The summed E-state index contributed by atoms with van der Waals surface area (Å²) in [7, 11) is 2.87. The summed E-state index contributed by atoms with van der Waals surface area (Å²) >= 11 is 1.68. The highest BCUT2D eigenvalue weighted by Gasteiger charge is 2.32. The van der Waals surface area contributed by atoms with E-state index >= 15 is 0 Å². The number of ether oxygens (including phenoxy) is 1. The van der Waals surface area contributed by atoms with E-state index in [1.54, 1.807) is 16.7 Å². The van der Waals surface area contributed by atoms with Gasteiger partial charge in [-0.1, -0.05) is 42.5 Å². The van der Waals surface area contributed by atoms with Crippen molar-refractivity contribution in [3.8, 4) is 0 Å². The van der Waals surface area contributed by atoms with Crippen LogP contribution >= 0.6 is 11.8 Å². The number of rotatable bonds is 5. The molecule has 174 valence electrons. The molecule has 0 spiro atoms. The van der Waals surface area contributed by atoms with Gasteiger partial charge in [-0.05, 0) is 23.8 Å². The van der Waals surface area contributed by atoms with Gasteiger partial charge in [0.25, 0.3) is 11.5 Å². The Bertz CT molecular complexity index is 1380. The minimum atomic E-state index is -0.764. The van der Waals surface area contributed by atoms with E-state index in [1.807, 2.05) is 54.6 Å². The van der Waals surface area contributed by atoms with E-state index in [0.29, 0.717) is 5.75 Å². The number of aryl methyl sites for hydroxylation is 1. The van der Waals surface area contributed by atoms with Gasteiger partial charge in [-0.15, -0.1) is 11.8 Å². The van der Waals surface area contributed by atoms with Crippen LogP contribution in [0.4, 0.5) is 5.69 Å². The maximum atomic E-state index is 13.2. The third kappa shape index (κ3) is 4.74. The molecule has 2 aromatic carbocycles. The molecule has 9 heteroatoms. The Morgan fingerprint density at radius 2 is 1.76 bits per heavy atom. The lowest BCUT2D eigenvalue weighted by Gasteiger charge is -2.37. The van der Waals surface area contributed by atoms with Crippen molar-refractivity contribution in [1.29, 1.82) is 0 Å². The summed E-state index contributed by atoms with van der Waals surface area (Å²) in [6.07, 6.45) is 3.68. The zero-order valence-corrected chi connectivity index (χ0v) is 19.5. The van der Waals surface area contributed by atoms with Crippen LogP contribution in [0.5, 0.6) is 0 Å². The Kier molecular flexibility index (Phi) is 6.83. The predicted octanol–water partition coefficient (Wildman–Crippen LogP) is 2.52. The average molecular weight is 478 g/mol. The summed E-state index contributed by atoms with van der Waals surface area (Å²) < 4.78 is 7.39. The lowest BCUT2D eigenvalue weighted by Crippen LogP contribution is -2.41. The van der Waals surface area contributed by atoms with Crippen molar-refractivity contribution >= 4 is 35.4 Å². The molecule has 1 amide bonds. The number of para-hydroxylation sites is 1. The van der Waals surface area contributed by atoms with E-state index in [-0.39, 0.29) is 17.5 Å². The van der Waals surface area contributed by atoms with Gasteiger partial charge in [-0.2, -0.15) is 0 Å². The van der Waals surface area contributed by atoms with E-state index in [9.17, 15) is 19.2 Å². The van der Waals surface area contributed by atoms with Crippen LogP contribution in [-0.4, -0.2) is 33.4 Å². The summed E-state index contributed by atoms with van der Waals surface area (Å²) in [5.41, 5.74) is 0.922. The number of nitrogens with zero attached hydrogens (tertiary/aromatic N) is 3. The maximum Gasteiger partial charge on any atom is 0.331 e. The lowest BCUT2D eigenvalue weighted by molar-refractivity contribution is -0.143. The largest absolute Gasteiger partial charge is 0.452 e. The number of hydrogen-bond donors (Lipinski definition) is 0. The Balaban J connectivity index is 1.51. The number of amides is 1. The summed E-state index contributed by atoms with van der Waals surface area (Å²) in [6.45, 7) is -0.448. The number of benzene rings is 2. The molecule has 0 saturated carbocycles. The predicted molar refractivity (Wildman–Crippen MR) is 131 cm³/mol. The normalized spacial score (nSPS) is 15.2. The first-order chi connectivity index (χ1) is 16.4. The fourth-order valence-corrected chi connectivity index (χ4v) is 4.94. The van der Waals surface area contributed by atoms with Gasteiger partial charge in [0.2, 0.25) is 0 Å². The van der Waals surface area contributed by atoms with Crippen LogP contribution in [0.1, 0.15) is 17.2 Å². The molecule has 1 aliphatic rings. The molecule has 34 heavy (non-hydrogen) atoms. The third-order valence-corrected chi connectivity index (χ3v) is 6.63. The second-order valence-electron chi connectivity index (χ2n) is 7.75. The van der Waals surface area contributed by atoms with Crippen LogP contribution in [0.2, 0.25) is 0 Å². The molecule has 0 aliphatic carbocycles. The van der Waals surface area contributed by atoms with Crippen molar-refractivity contribution in [1.82, 2.24) is 9.13 Å². The summed E-state index contributed by atoms with van der Waals surface area (Å²) in [5, 5.41) is 0. The number of hydrogen-bond acceptors (Lipinski definition) is 6. The second kappa shape index (κ2) is 9.96. The minimum Gasteiger partial charge on any atom is -0.452 e. The molecule has 3 aromatic rings. The van der Waals surface area contributed by atoms with E-state index in [4.69, 9.17) is 4.74 Å². The van der Waals surface area contributed by atoms with Crippen molar-refractivity contribution < 1.29 is 14.3 Å². The van der Waals surface area contributed by atoms with E-state index in [2.05, 4.69) is 0 Å². The van der Waals surface area contributed by atoms with Crippen molar-refractivity contribution in [3.05, 3.63) is 98.8 Å². The molecule has 1 unspecified atom stereocenters. The van der Waals surface area contributed by atoms with Gasteiger partial charge in [0.15, 0.2) is 6.61 Å². The number of carbonyl (C=O) groups excluding carboxylic acids is 2. The van der Waals surface area contributed by atoms with E-state index < -0.39 is 23.8 Å². The van der Waals surface area contributed by atoms with Crippen molar-refractivity contribution in [2.75, 3.05) is 17.3 Å². The summed E-state index contributed by atoms with van der Waals surface area (Å²) in [4.78, 5) is 52.2. The van der Waals surface area contributed by atoms with Crippen LogP contribution in [0.3, 0.4) is 0 Å². The van der Waals surface area contributed by atoms with E-state index in [1.165, 1.54) is 30.9 Å². The molecule has 1 aromatic heterocycles. The smallest absolute Gasteiger partial charge is 0.331 e. The van der Waals surface area contributed by atoms with E-state index in [0.717, 1.165) is 26.8 Å². The first-order valence-corrected chi connectivity index (χ1v) is 11.6. The highest BCUT2D eigenvalue weighted by molar-refractivity contribution is 7.99. The van der Waals surface area contributed by atoms with Gasteiger partial charge in [-0.25, -0.2) is 9.59 Å². The first kappa shape index (κ1) is 23.3. The van der Waals surface area contributed by atoms with Gasteiger partial charge >= 0.3 is 11.7 Å². The van der Waals surface area contributed by atoms with Gasteiger partial charge in [-0.3, -0.25) is 19.1 Å². The van der Waals surface area contributed by atoms with Crippen molar-refractivity contribution in [3.63, 3.8) is 0 Å². The molecule has 8 nitrogen and oxygen atoms in total. The molecule has 0 radical (unpaired) electrons. The second-order valence-corrected chi connectivity index (χ2v) is 8.81. The molecule has 0 saturated heterocycles. The molecular weight excluding hydrogens is 454 g/mol. The molecule has 0 fully saturated rings. The van der Waals surface area contributed by atoms with Crippen molar-refractivity contribution in [2.24, 2.45) is 14.1 Å². The molecule has 1 atom stereocenters. The van der Waals surface area contributed by atoms with Crippen LogP contribution in [0.25, 0.3) is 6.08 Å². The number of esters is 1. The monoisotopic (exact) mass is 477 g/mol. The van der Waals surface area contributed by atoms with Crippen molar-refractivity contribution in [2.45, 2.75) is 10.9 Å². The molecular formula is C25H23N3O5S. The SMILES string of the molecule is Cn1cc(/C=C/C(=O)OCC(=O)N2c3ccccc3SCC2c2ccccc2)c(=O)n(C)c1=O. The highest BCUT2D eigenvalue weighted by Crippen LogP contribution is 2.43. The zero-order chi connectivity index (χ0) is 24.2. The molecule has 0 N–H and O–H groups in total. The Morgan fingerprint density at radius 3 is 2.53 bits per heavy atom. The Morgan fingerprint density at radius 1 is 1.06 bits per heavy atom. The topological polar surface area (TPSA) is 90.6 Å². The number of aromatic nitrogens is 2. The van der Waals surface area contributed by atoms with Gasteiger partial charge < -0.3 is 9.30 Å². The van der Waals surface area contributed by atoms with Crippen LogP contribution in [-0.2, 0) is 28.4 Å². The van der Waals surface area contributed by atoms with Crippen LogP contribution in [0, 0.1) is 0 Å². The Labute approximate surface area is 200 Å². The maximum absolute atomic E-state index is 13.2. The van der Waals surface area contributed by atoms with Gasteiger partial charge in [0.05, 0.1) is 17.3 Å². The van der Waals surface area contributed by atoms with Crippen LogP contribution in [0.15, 0.2) is 81.4 Å². The fraction of sp³-hybridized carbons (Fsp3) is 0.200. The summed E-state index contributed by atoms with van der Waals surface area (Å²) in [5.74, 6) is -0.432. The number of carbonyl (C=O) groups is 2. The molecule has 2 heterocycles. The minimum absolute atomic E-state index is 0.152. The standard InChI is InChI=1S/C25H23N3O5S/c1-26-14-18(24(31)27(2)25(26)32)12-13-23(30)33-15-22(29)28-19-10-6-7-11-21(19)34-16-20(28)17-8-4-3-5-9-17/h3-14,20H,15-16H2,1-2H3/b13-12+. The number of fused-ring (bicyclic) bond motifs is 1. The fourth-order valence-electron chi connectivity index (χ4n) is 3.78. The lowest BCUT2D eigenvalue weighted by atomic mass is 10.1. The number of anilines is 1. The first-order valence-electron chi connectivity index (χ1n) is 10.6. The average Bonchev–Trinajstić information content (AvgIpc) is 2.87. The quantitative estimate of drug-likeness (QED) is 0.414. The number of thioether (sulfide) groups is 1. The van der Waals surface area contributed by atoms with Crippen LogP contribution < -0.4 is 16.1 Å². The highest BCUT2D eigenvalue weighted by atomic mass is 32.2. The molecule has 1 aliphatic heterocycles. The molecule has 4 rings (SSSR count).